The Morgan fingerprint density at radius 3 is 3.04 bits per heavy atom. The van der Waals surface area contributed by atoms with Gasteiger partial charge >= 0.3 is 0 Å². The molecule has 0 saturated carbocycles. The highest BCUT2D eigenvalue weighted by molar-refractivity contribution is 5.76. The number of hydrogen-bond acceptors (Lipinski definition) is 6. The molecular weight excluding hydrogens is 340 g/mol. The van der Waals surface area contributed by atoms with Crippen molar-refractivity contribution in [1.29, 1.82) is 0 Å². The number of benzene rings is 1. The standard InChI is InChI=1S/C19H20N8/c20-16-4-2-13-5-11(1-3-15(13)16)9-27-10-12(8-22-27)6-14-7-17(21)23-19-18(14)24-26-25-19/h1,3,5,7-8,10,16H,2,4,6,9,20H2,(H3,21,23,24,25,26). The fraction of sp³-hybridized carbons (Fsp3) is 0.263. The topological polar surface area (TPSA) is 124 Å². The third-order valence-corrected chi connectivity index (χ3v) is 5.15. The maximum absolute atomic E-state index is 6.13. The predicted molar refractivity (Wildman–Crippen MR) is 102 cm³/mol. The van der Waals surface area contributed by atoms with Crippen molar-refractivity contribution >= 4 is 17.0 Å². The van der Waals surface area contributed by atoms with Crippen LogP contribution in [0.2, 0.25) is 0 Å². The summed E-state index contributed by atoms with van der Waals surface area (Å²) in [5.74, 6) is 0.440. The highest BCUT2D eigenvalue weighted by atomic mass is 15.3. The number of nitrogens with two attached hydrogens (primary N) is 2. The zero-order valence-electron chi connectivity index (χ0n) is 14.8. The molecule has 8 heteroatoms. The molecule has 0 spiro atoms. The van der Waals surface area contributed by atoms with Gasteiger partial charge in [0.05, 0.1) is 12.7 Å². The van der Waals surface area contributed by atoms with E-state index < -0.39 is 0 Å². The number of aromatic nitrogens is 6. The third kappa shape index (κ3) is 2.93. The maximum Gasteiger partial charge on any atom is 0.203 e. The molecule has 0 radical (unpaired) electrons. The number of hydrogen-bond donors (Lipinski definition) is 3. The molecule has 1 aliphatic carbocycles. The lowest BCUT2D eigenvalue weighted by Crippen LogP contribution is -2.05. The largest absolute Gasteiger partial charge is 0.384 e. The van der Waals surface area contributed by atoms with Crippen LogP contribution in [0, 0.1) is 0 Å². The molecule has 0 aliphatic heterocycles. The van der Waals surface area contributed by atoms with E-state index in [9.17, 15) is 0 Å². The van der Waals surface area contributed by atoms with Gasteiger partial charge in [0.25, 0.3) is 0 Å². The smallest absolute Gasteiger partial charge is 0.203 e. The first-order valence-corrected chi connectivity index (χ1v) is 9.00. The molecule has 27 heavy (non-hydrogen) atoms. The van der Waals surface area contributed by atoms with E-state index >= 15 is 0 Å². The van der Waals surface area contributed by atoms with Gasteiger partial charge in [0, 0.05) is 18.7 Å². The minimum Gasteiger partial charge on any atom is -0.384 e. The van der Waals surface area contributed by atoms with E-state index in [-0.39, 0.29) is 6.04 Å². The third-order valence-electron chi connectivity index (χ3n) is 5.15. The minimum absolute atomic E-state index is 0.187. The van der Waals surface area contributed by atoms with Crippen LogP contribution in [0.5, 0.6) is 0 Å². The number of rotatable bonds is 4. The Bertz CT molecular complexity index is 1130. The molecule has 8 nitrogen and oxygen atoms in total. The second-order valence-electron chi connectivity index (χ2n) is 7.10. The van der Waals surface area contributed by atoms with Crippen molar-refractivity contribution in [3.63, 3.8) is 0 Å². The Kier molecular flexibility index (Phi) is 3.64. The molecule has 5 N–H and O–H groups in total. The summed E-state index contributed by atoms with van der Waals surface area (Å²) in [6, 6.07) is 8.59. The van der Waals surface area contributed by atoms with Gasteiger partial charge in [-0.3, -0.25) is 4.68 Å². The van der Waals surface area contributed by atoms with E-state index in [0.29, 0.717) is 17.9 Å². The van der Waals surface area contributed by atoms with Gasteiger partial charge in [-0.15, -0.1) is 5.10 Å². The lowest BCUT2D eigenvalue weighted by Gasteiger charge is -2.07. The Morgan fingerprint density at radius 2 is 2.11 bits per heavy atom. The average Bonchev–Trinajstić information content (AvgIpc) is 3.36. The Balaban J connectivity index is 1.36. The van der Waals surface area contributed by atoms with Gasteiger partial charge in [0.1, 0.15) is 11.3 Å². The highest BCUT2D eigenvalue weighted by Gasteiger charge is 2.19. The van der Waals surface area contributed by atoms with Crippen LogP contribution < -0.4 is 11.5 Å². The monoisotopic (exact) mass is 360 g/mol. The number of nitrogens with one attached hydrogen (secondary N) is 1. The molecule has 1 atom stereocenters. The van der Waals surface area contributed by atoms with Gasteiger partial charge in [0.2, 0.25) is 5.65 Å². The normalized spacial score (nSPS) is 16.1. The maximum atomic E-state index is 6.13. The molecule has 1 aromatic carbocycles. The summed E-state index contributed by atoms with van der Waals surface area (Å²) in [5.41, 5.74) is 19.2. The summed E-state index contributed by atoms with van der Waals surface area (Å²) in [6.07, 6.45) is 6.71. The zero-order chi connectivity index (χ0) is 18.4. The van der Waals surface area contributed by atoms with Crippen molar-refractivity contribution in [3.8, 4) is 0 Å². The number of anilines is 1. The molecule has 3 aromatic heterocycles. The number of H-pyrrole nitrogens is 1. The number of pyridine rings is 1. The number of fused-ring (bicyclic) bond motifs is 2. The molecular formula is C19H20N8. The van der Waals surface area contributed by atoms with Gasteiger partial charge in [-0.25, -0.2) is 4.98 Å². The molecule has 4 aromatic rings. The number of nitrogens with zero attached hydrogens (tertiary/aromatic N) is 5. The van der Waals surface area contributed by atoms with Crippen LogP contribution in [0.4, 0.5) is 5.82 Å². The highest BCUT2D eigenvalue weighted by Crippen LogP contribution is 2.30. The van der Waals surface area contributed by atoms with Gasteiger partial charge < -0.3 is 11.5 Å². The molecule has 0 amide bonds. The van der Waals surface area contributed by atoms with Crippen LogP contribution in [-0.4, -0.2) is 30.2 Å². The van der Waals surface area contributed by atoms with Crippen LogP contribution in [0.15, 0.2) is 36.7 Å². The van der Waals surface area contributed by atoms with Crippen molar-refractivity contribution in [2.24, 2.45) is 5.73 Å². The SMILES string of the molecule is Nc1cc(Cc2cnn(Cc3ccc4c(c3)CCC4N)c2)c2n[nH]nc2n1. The van der Waals surface area contributed by atoms with Crippen LogP contribution in [0.1, 0.15) is 40.3 Å². The number of aryl methyl sites for hydroxylation is 1. The molecule has 3 heterocycles. The van der Waals surface area contributed by atoms with Crippen molar-refractivity contribution in [3.05, 3.63) is 64.5 Å². The van der Waals surface area contributed by atoms with Crippen molar-refractivity contribution < 1.29 is 0 Å². The molecule has 5 rings (SSSR count). The van der Waals surface area contributed by atoms with E-state index in [1.54, 1.807) is 0 Å². The summed E-state index contributed by atoms with van der Waals surface area (Å²) in [6.45, 7) is 0.736. The number of aromatic amines is 1. The summed E-state index contributed by atoms with van der Waals surface area (Å²) in [4.78, 5) is 4.18. The van der Waals surface area contributed by atoms with Gasteiger partial charge in [-0.05, 0) is 46.7 Å². The van der Waals surface area contributed by atoms with E-state index in [1.807, 2.05) is 16.9 Å². The Morgan fingerprint density at radius 1 is 1.19 bits per heavy atom. The predicted octanol–water partition coefficient (Wildman–Crippen LogP) is 1.72. The van der Waals surface area contributed by atoms with Gasteiger partial charge in [0.15, 0.2) is 0 Å². The summed E-state index contributed by atoms with van der Waals surface area (Å²) in [5, 5.41) is 15.3. The molecule has 136 valence electrons. The van der Waals surface area contributed by atoms with E-state index in [1.165, 1.54) is 16.7 Å². The fourth-order valence-corrected chi connectivity index (χ4v) is 3.85. The van der Waals surface area contributed by atoms with Crippen molar-refractivity contribution in [2.75, 3.05) is 5.73 Å². The Labute approximate surface area is 155 Å². The second kappa shape index (κ2) is 6.17. The van der Waals surface area contributed by atoms with E-state index in [0.717, 1.165) is 36.0 Å². The van der Waals surface area contributed by atoms with Crippen molar-refractivity contribution in [2.45, 2.75) is 31.8 Å². The van der Waals surface area contributed by atoms with Crippen LogP contribution in [-0.2, 0) is 19.4 Å². The van der Waals surface area contributed by atoms with Gasteiger partial charge in [-0.1, -0.05) is 18.2 Å². The lowest BCUT2D eigenvalue weighted by molar-refractivity contribution is 0.685. The van der Waals surface area contributed by atoms with Gasteiger partial charge in [-0.2, -0.15) is 15.4 Å². The molecule has 0 saturated heterocycles. The zero-order valence-corrected chi connectivity index (χ0v) is 14.8. The number of nitrogen functional groups attached to an aromatic ring is 1. The van der Waals surface area contributed by atoms with E-state index in [2.05, 4.69) is 49.9 Å². The quantitative estimate of drug-likeness (QED) is 0.509. The van der Waals surface area contributed by atoms with Crippen LogP contribution in [0.3, 0.4) is 0 Å². The lowest BCUT2D eigenvalue weighted by atomic mass is 10.1. The first-order chi connectivity index (χ1) is 13.2. The summed E-state index contributed by atoms with van der Waals surface area (Å²) >= 11 is 0. The first kappa shape index (κ1) is 16.0. The van der Waals surface area contributed by atoms with E-state index in [4.69, 9.17) is 11.5 Å². The molecule has 1 aliphatic rings. The minimum atomic E-state index is 0.187. The van der Waals surface area contributed by atoms with Crippen LogP contribution in [0.25, 0.3) is 11.2 Å². The molecule has 0 fully saturated rings. The first-order valence-electron chi connectivity index (χ1n) is 9.00. The second-order valence-corrected chi connectivity index (χ2v) is 7.10. The summed E-state index contributed by atoms with van der Waals surface area (Å²) in [7, 11) is 0. The molecule has 1 unspecified atom stereocenters. The Hall–Kier alpha value is -3.26. The van der Waals surface area contributed by atoms with Crippen molar-refractivity contribution in [1.82, 2.24) is 30.2 Å². The van der Waals surface area contributed by atoms with Crippen LogP contribution >= 0.6 is 0 Å². The molecule has 0 bridgehead atoms. The fourth-order valence-electron chi connectivity index (χ4n) is 3.85. The average molecular weight is 360 g/mol. The summed E-state index contributed by atoms with van der Waals surface area (Å²) < 4.78 is 1.95.